The molecule has 0 aliphatic carbocycles. The number of nitrogens with zero attached hydrogens (tertiary/aromatic N) is 2. The molecular formula is C21H30N4O2. The molecule has 2 amide bonds. The molecular weight excluding hydrogens is 340 g/mol. The number of hydrogen-bond donors (Lipinski definition) is 2. The second-order valence-electron chi connectivity index (χ2n) is 8.10. The molecule has 1 aliphatic rings. The van der Waals surface area contributed by atoms with Crippen LogP contribution in [-0.2, 0) is 9.59 Å². The van der Waals surface area contributed by atoms with Crippen LogP contribution in [-0.4, -0.2) is 39.8 Å². The van der Waals surface area contributed by atoms with Crippen LogP contribution < -0.4 is 5.32 Å². The minimum atomic E-state index is -0.285. The summed E-state index contributed by atoms with van der Waals surface area (Å²) in [6, 6.07) is 7.68. The van der Waals surface area contributed by atoms with E-state index >= 15 is 0 Å². The van der Waals surface area contributed by atoms with Crippen LogP contribution in [0.4, 0.5) is 0 Å². The van der Waals surface area contributed by atoms with Crippen molar-refractivity contribution in [2.75, 3.05) is 13.1 Å². The third kappa shape index (κ3) is 4.31. The molecule has 2 N–H and O–H groups in total. The lowest BCUT2D eigenvalue weighted by atomic mass is 9.97. The number of hydrogen-bond acceptors (Lipinski definition) is 3. The second kappa shape index (κ2) is 8.11. The summed E-state index contributed by atoms with van der Waals surface area (Å²) < 4.78 is 0. The van der Waals surface area contributed by atoms with Crippen LogP contribution in [0.15, 0.2) is 24.3 Å². The largest absolute Gasteiger partial charge is 0.346 e. The fraction of sp³-hybridized carbons (Fsp3) is 0.571. The first-order valence-corrected chi connectivity index (χ1v) is 9.91. The van der Waals surface area contributed by atoms with Crippen LogP contribution in [0.1, 0.15) is 52.4 Å². The third-order valence-electron chi connectivity index (χ3n) is 5.38. The number of H-pyrrole nitrogens is 1. The second-order valence-corrected chi connectivity index (χ2v) is 8.10. The molecule has 3 rings (SSSR count). The SMILES string of the molecule is CC[C@H](C)[C@H](NC(=O)C1CC(=O)N(CC(C)C)C1)c1nc2ccccc2[nH]1. The van der Waals surface area contributed by atoms with Gasteiger partial charge in [0, 0.05) is 19.5 Å². The molecule has 0 spiro atoms. The van der Waals surface area contributed by atoms with Gasteiger partial charge in [0.05, 0.1) is 23.0 Å². The van der Waals surface area contributed by atoms with E-state index in [4.69, 9.17) is 0 Å². The van der Waals surface area contributed by atoms with Gasteiger partial charge in [-0.05, 0) is 24.0 Å². The molecule has 0 radical (unpaired) electrons. The van der Waals surface area contributed by atoms with Gasteiger partial charge in [-0.1, -0.05) is 46.2 Å². The number of nitrogens with one attached hydrogen (secondary N) is 2. The molecule has 146 valence electrons. The predicted octanol–water partition coefficient (Wildman–Crippen LogP) is 3.27. The van der Waals surface area contributed by atoms with Gasteiger partial charge in [-0.25, -0.2) is 4.98 Å². The van der Waals surface area contributed by atoms with Crippen molar-refractivity contribution in [1.82, 2.24) is 20.2 Å². The summed E-state index contributed by atoms with van der Waals surface area (Å²) in [6.07, 6.45) is 1.22. The molecule has 1 fully saturated rings. The van der Waals surface area contributed by atoms with Crippen LogP contribution in [0.25, 0.3) is 11.0 Å². The Labute approximate surface area is 160 Å². The summed E-state index contributed by atoms with van der Waals surface area (Å²) in [7, 11) is 0. The van der Waals surface area contributed by atoms with Gasteiger partial charge in [0.25, 0.3) is 0 Å². The highest BCUT2D eigenvalue weighted by atomic mass is 16.2. The van der Waals surface area contributed by atoms with E-state index in [2.05, 4.69) is 43.0 Å². The fourth-order valence-electron chi connectivity index (χ4n) is 3.67. The van der Waals surface area contributed by atoms with Gasteiger partial charge in [-0.3, -0.25) is 9.59 Å². The van der Waals surface area contributed by atoms with Gasteiger partial charge in [0.15, 0.2) is 0 Å². The molecule has 27 heavy (non-hydrogen) atoms. The van der Waals surface area contributed by atoms with Gasteiger partial charge >= 0.3 is 0 Å². The Morgan fingerprint density at radius 2 is 2.07 bits per heavy atom. The Kier molecular flexibility index (Phi) is 5.82. The van der Waals surface area contributed by atoms with E-state index in [1.54, 1.807) is 0 Å². The van der Waals surface area contributed by atoms with Crippen LogP contribution in [0.2, 0.25) is 0 Å². The van der Waals surface area contributed by atoms with E-state index < -0.39 is 0 Å². The average Bonchev–Trinajstić information content (AvgIpc) is 3.22. The summed E-state index contributed by atoms with van der Waals surface area (Å²) in [6.45, 7) is 9.61. The molecule has 0 bridgehead atoms. The lowest BCUT2D eigenvalue weighted by molar-refractivity contribution is -0.129. The number of carbonyl (C=O) groups is 2. The number of benzene rings is 1. The minimum absolute atomic E-state index is 0.0552. The fourth-order valence-corrected chi connectivity index (χ4v) is 3.67. The number of aromatic nitrogens is 2. The van der Waals surface area contributed by atoms with E-state index in [1.807, 2.05) is 29.2 Å². The van der Waals surface area contributed by atoms with Gasteiger partial charge in [-0.15, -0.1) is 0 Å². The van der Waals surface area contributed by atoms with Crippen molar-refractivity contribution in [2.24, 2.45) is 17.8 Å². The summed E-state index contributed by atoms with van der Waals surface area (Å²) in [5.41, 5.74) is 1.86. The standard InChI is InChI=1S/C21H30N4O2/c1-5-14(4)19(20-22-16-8-6-7-9-17(16)23-20)24-21(27)15-10-18(26)25(12-15)11-13(2)3/h6-9,13-15,19H,5,10-12H2,1-4H3,(H,22,23)(H,24,27)/t14-,15?,19-/m0/s1. The van der Waals surface area contributed by atoms with Gasteiger partial charge in [0.1, 0.15) is 5.82 Å². The lowest BCUT2D eigenvalue weighted by Crippen LogP contribution is -2.38. The summed E-state index contributed by atoms with van der Waals surface area (Å²) >= 11 is 0. The van der Waals surface area contributed by atoms with Crippen molar-refractivity contribution in [3.05, 3.63) is 30.1 Å². The average molecular weight is 370 g/mol. The molecule has 6 heteroatoms. The molecule has 1 aromatic carbocycles. The Hall–Kier alpha value is -2.37. The summed E-state index contributed by atoms with van der Waals surface area (Å²) in [4.78, 5) is 35.0. The molecule has 2 heterocycles. The van der Waals surface area contributed by atoms with Crippen molar-refractivity contribution >= 4 is 22.8 Å². The molecule has 0 saturated carbocycles. The van der Waals surface area contributed by atoms with E-state index in [0.717, 1.165) is 23.3 Å². The van der Waals surface area contributed by atoms with Crippen LogP contribution in [0, 0.1) is 17.8 Å². The molecule has 2 aromatic rings. The molecule has 1 unspecified atom stereocenters. The Morgan fingerprint density at radius 1 is 1.33 bits per heavy atom. The number of aromatic amines is 1. The highest BCUT2D eigenvalue weighted by Gasteiger charge is 2.36. The summed E-state index contributed by atoms with van der Waals surface area (Å²) in [5.74, 6) is 1.15. The normalized spacial score (nSPS) is 19.7. The number of para-hydroxylation sites is 2. The number of rotatable bonds is 7. The Balaban J connectivity index is 1.75. The van der Waals surface area contributed by atoms with Crippen molar-refractivity contribution in [1.29, 1.82) is 0 Å². The number of likely N-dealkylation sites (tertiary alicyclic amines) is 1. The molecule has 1 aromatic heterocycles. The van der Waals surface area contributed by atoms with Crippen LogP contribution >= 0.6 is 0 Å². The number of carbonyl (C=O) groups excluding carboxylic acids is 2. The highest BCUT2D eigenvalue weighted by Crippen LogP contribution is 2.26. The van der Waals surface area contributed by atoms with Crippen LogP contribution in [0.5, 0.6) is 0 Å². The quantitative estimate of drug-likeness (QED) is 0.785. The Morgan fingerprint density at radius 3 is 2.74 bits per heavy atom. The first-order chi connectivity index (χ1) is 12.9. The van der Waals surface area contributed by atoms with Crippen molar-refractivity contribution in [2.45, 2.75) is 46.6 Å². The van der Waals surface area contributed by atoms with Gasteiger partial charge < -0.3 is 15.2 Å². The molecule has 1 saturated heterocycles. The maximum absolute atomic E-state index is 12.9. The smallest absolute Gasteiger partial charge is 0.226 e. The zero-order valence-corrected chi connectivity index (χ0v) is 16.7. The lowest BCUT2D eigenvalue weighted by Gasteiger charge is -2.24. The van der Waals surface area contributed by atoms with E-state index in [9.17, 15) is 9.59 Å². The van der Waals surface area contributed by atoms with Crippen molar-refractivity contribution in [3.8, 4) is 0 Å². The minimum Gasteiger partial charge on any atom is -0.346 e. The number of fused-ring (bicyclic) bond motifs is 1. The maximum Gasteiger partial charge on any atom is 0.226 e. The molecule has 3 atom stereocenters. The van der Waals surface area contributed by atoms with Crippen molar-refractivity contribution in [3.63, 3.8) is 0 Å². The number of imidazole rings is 1. The molecule has 6 nitrogen and oxygen atoms in total. The highest BCUT2D eigenvalue weighted by molar-refractivity contribution is 5.89. The maximum atomic E-state index is 12.9. The predicted molar refractivity (Wildman–Crippen MR) is 106 cm³/mol. The number of amides is 2. The zero-order valence-electron chi connectivity index (χ0n) is 16.7. The van der Waals surface area contributed by atoms with E-state index in [0.29, 0.717) is 25.4 Å². The molecule has 1 aliphatic heterocycles. The third-order valence-corrected chi connectivity index (χ3v) is 5.38. The topological polar surface area (TPSA) is 78.1 Å². The van der Waals surface area contributed by atoms with Gasteiger partial charge in [0.2, 0.25) is 11.8 Å². The van der Waals surface area contributed by atoms with Crippen molar-refractivity contribution < 1.29 is 9.59 Å². The van der Waals surface area contributed by atoms with E-state index in [1.165, 1.54) is 0 Å². The Bertz CT molecular complexity index is 780. The first-order valence-electron chi connectivity index (χ1n) is 9.91. The van der Waals surface area contributed by atoms with E-state index in [-0.39, 0.29) is 29.7 Å². The van der Waals surface area contributed by atoms with Gasteiger partial charge in [-0.2, -0.15) is 0 Å². The zero-order chi connectivity index (χ0) is 19.6. The van der Waals surface area contributed by atoms with Crippen LogP contribution in [0.3, 0.4) is 0 Å². The monoisotopic (exact) mass is 370 g/mol. The summed E-state index contributed by atoms with van der Waals surface area (Å²) in [5, 5.41) is 3.17. The first kappa shape index (κ1) is 19.4.